The van der Waals surface area contributed by atoms with Crippen LogP contribution >= 0.6 is 0 Å². The molecule has 0 unspecified atom stereocenters. The fraction of sp³-hybridized carbons (Fsp3) is 0.135. The number of carboxylic acids is 1. The van der Waals surface area contributed by atoms with Crippen LogP contribution in [0.5, 0.6) is 11.5 Å². The third-order valence-electron chi connectivity index (χ3n) is 7.63. The summed E-state index contributed by atoms with van der Waals surface area (Å²) in [6.07, 6.45) is 0.0811. The van der Waals surface area contributed by atoms with Crippen LogP contribution < -0.4 is 14.8 Å². The number of benzene rings is 5. The van der Waals surface area contributed by atoms with Crippen LogP contribution in [0.2, 0.25) is 0 Å². The highest BCUT2D eigenvalue weighted by atomic mass is 16.5. The monoisotopic (exact) mass is 569 g/mol. The summed E-state index contributed by atoms with van der Waals surface area (Å²) in [7, 11) is 0. The van der Waals surface area contributed by atoms with E-state index in [1.54, 1.807) is 12.1 Å². The number of fused-ring (bicyclic) bond motifs is 3. The van der Waals surface area contributed by atoms with E-state index in [4.69, 9.17) is 9.47 Å². The van der Waals surface area contributed by atoms with Crippen molar-refractivity contribution in [2.24, 2.45) is 0 Å². The van der Waals surface area contributed by atoms with Gasteiger partial charge in [0.2, 0.25) is 5.91 Å². The minimum atomic E-state index is -1.13. The summed E-state index contributed by atoms with van der Waals surface area (Å²) in [6, 6.07) is 39.4. The second-order valence-electron chi connectivity index (χ2n) is 10.5. The van der Waals surface area contributed by atoms with Crippen LogP contribution in [-0.2, 0) is 29.2 Å². The first-order valence-corrected chi connectivity index (χ1v) is 14.2. The number of ether oxygens (including phenoxy) is 2. The molecule has 6 rings (SSSR count). The lowest BCUT2D eigenvalue weighted by atomic mass is 9.95. The Labute approximate surface area is 250 Å². The molecule has 0 aromatic heterocycles. The topological polar surface area (TPSA) is 84.9 Å². The number of rotatable bonds is 11. The van der Waals surface area contributed by atoms with E-state index in [1.165, 1.54) is 0 Å². The van der Waals surface area contributed by atoms with Gasteiger partial charge in [0, 0.05) is 6.42 Å². The molecule has 0 aliphatic heterocycles. The lowest BCUT2D eigenvalue weighted by Crippen LogP contribution is -2.44. The van der Waals surface area contributed by atoms with Gasteiger partial charge in [-0.1, -0.05) is 115 Å². The summed E-state index contributed by atoms with van der Waals surface area (Å²) in [4.78, 5) is 26.1. The molecule has 0 heterocycles. The number of carbonyl (C=O) groups excluding carboxylic acids is 1. The van der Waals surface area contributed by atoms with Crippen LogP contribution in [0, 0.1) is 0 Å². The molecule has 6 nitrogen and oxygen atoms in total. The fourth-order valence-electron chi connectivity index (χ4n) is 5.51. The number of hydrogen-bond donors (Lipinski definition) is 2. The zero-order valence-electron chi connectivity index (χ0n) is 23.5. The van der Waals surface area contributed by atoms with E-state index in [2.05, 4.69) is 5.32 Å². The molecule has 2 N–H and O–H groups in total. The van der Waals surface area contributed by atoms with Crippen molar-refractivity contribution in [2.45, 2.75) is 31.6 Å². The number of aliphatic carboxylic acids is 1. The summed E-state index contributed by atoms with van der Waals surface area (Å²) in [6.45, 7) is 0.686. The number of amides is 1. The Bertz CT molecular complexity index is 1690. The van der Waals surface area contributed by atoms with Gasteiger partial charge >= 0.3 is 5.97 Å². The average Bonchev–Trinajstić information content (AvgIpc) is 3.38. The second kappa shape index (κ2) is 12.7. The van der Waals surface area contributed by atoms with Crippen LogP contribution in [0.25, 0.3) is 11.1 Å². The fourth-order valence-corrected chi connectivity index (χ4v) is 5.51. The molecule has 214 valence electrons. The first-order chi connectivity index (χ1) is 21.1. The molecular formula is C37H31NO5. The Morgan fingerprint density at radius 3 is 1.70 bits per heavy atom. The lowest BCUT2D eigenvalue weighted by Gasteiger charge is -2.20. The van der Waals surface area contributed by atoms with Crippen LogP contribution in [0.1, 0.15) is 33.7 Å². The molecule has 1 amide bonds. The van der Waals surface area contributed by atoms with Gasteiger partial charge in [0.05, 0.1) is 5.92 Å². The molecule has 0 bridgehead atoms. The smallest absolute Gasteiger partial charge is 0.326 e. The summed E-state index contributed by atoms with van der Waals surface area (Å²) in [5.74, 6) is -0.963. The van der Waals surface area contributed by atoms with E-state index in [0.717, 1.165) is 33.4 Å². The van der Waals surface area contributed by atoms with Crippen LogP contribution in [-0.4, -0.2) is 23.0 Å². The van der Waals surface area contributed by atoms with Gasteiger partial charge in [0.25, 0.3) is 0 Å². The third kappa shape index (κ3) is 6.28. The van der Waals surface area contributed by atoms with Crippen molar-refractivity contribution in [3.8, 4) is 22.6 Å². The molecule has 1 aliphatic carbocycles. The Hall–Kier alpha value is -5.36. The zero-order chi connectivity index (χ0) is 29.6. The largest absolute Gasteiger partial charge is 0.485 e. The van der Waals surface area contributed by atoms with E-state index in [9.17, 15) is 14.7 Å². The molecule has 43 heavy (non-hydrogen) atoms. The van der Waals surface area contributed by atoms with E-state index < -0.39 is 17.9 Å². The first-order valence-electron chi connectivity index (χ1n) is 14.2. The molecule has 0 saturated heterocycles. The van der Waals surface area contributed by atoms with Gasteiger partial charge in [-0.05, 0) is 51.1 Å². The third-order valence-corrected chi connectivity index (χ3v) is 7.63. The molecule has 0 fully saturated rings. The highest BCUT2D eigenvalue weighted by Crippen LogP contribution is 2.44. The maximum absolute atomic E-state index is 13.7. The van der Waals surface area contributed by atoms with Gasteiger partial charge in [-0.3, -0.25) is 4.79 Å². The van der Waals surface area contributed by atoms with Crippen molar-refractivity contribution < 1.29 is 24.2 Å². The van der Waals surface area contributed by atoms with Crippen molar-refractivity contribution in [1.29, 1.82) is 0 Å². The standard InChI is InChI=1S/C37H31NO5/c39-36(35-30-17-9-7-15-28(30)29-16-8-10-18-31(29)35)38-32(37(40)41)21-27-19-20-33(42-23-25-11-3-1-4-12-25)34(22-27)43-24-26-13-5-2-6-14-26/h1-20,22,32,35H,21,23-24H2,(H,38,39)(H,40,41)/t32-/m0/s1. The first kappa shape index (κ1) is 27.8. The molecule has 1 aliphatic rings. The van der Waals surface area contributed by atoms with Crippen molar-refractivity contribution in [2.75, 3.05) is 0 Å². The Morgan fingerprint density at radius 1 is 0.628 bits per heavy atom. The van der Waals surface area contributed by atoms with E-state index in [-0.39, 0.29) is 12.3 Å². The average molecular weight is 570 g/mol. The molecular weight excluding hydrogens is 538 g/mol. The summed E-state index contributed by atoms with van der Waals surface area (Å²) in [5.41, 5.74) is 6.46. The maximum atomic E-state index is 13.7. The van der Waals surface area contributed by atoms with Crippen LogP contribution in [0.4, 0.5) is 0 Å². The molecule has 6 heteroatoms. The Kier molecular flexibility index (Phi) is 8.18. The zero-order valence-corrected chi connectivity index (χ0v) is 23.5. The SMILES string of the molecule is O=C(N[C@@H](Cc1ccc(OCc2ccccc2)c(OCc2ccccc2)c1)C(=O)O)C1c2ccccc2-c2ccccc21. The van der Waals surface area contributed by atoms with Crippen molar-refractivity contribution in [3.63, 3.8) is 0 Å². The normalized spacial score (nSPS) is 12.6. The predicted molar refractivity (Wildman–Crippen MR) is 165 cm³/mol. The number of carboxylic acid groups (broad SMARTS) is 1. The highest BCUT2D eigenvalue weighted by Gasteiger charge is 2.35. The Morgan fingerprint density at radius 2 is 1.14 bits per heavy atom. The molecule has 5 aromatic carbocycles. The molecule has 0 spiro atoms. The van der Waals surface area contributed by atoms with Gasteiger partial charge in [-0.15, -0.1) is 0 Å². The van der Waals surface area contributed by atoms with E-state index in [0.29, 0.717) is 30.3 Å². The molecule has 0 radical (unpaired) electrons. The second-order valence-corrected chi connectivity index (χ2v) is 10.5. The van der Waals surface area contributed by atoms with Crippen molar-refractivity contribution >= 4 is 11.9 Å². The quantitative estimate of drug-likeness (QED) is 0.183. The lowest BCUT2D eigenvalue weighted by molar-refractivity contribution is -0.141. The summed E-state index contributed by atoms with van der Waals surface area (Å²) < 4.78 is 12.3. The van der Waals surface area contributed by atoms with Crippen molar-refractivity contribution in [3.05, 3.63) is 155 Å². The Balaban J connectivity index is 1.22. The number of carbonyl (C=O) groups is 2. The minimum absolute atomic E-state index is 0.0811. The number of nitrogens with one attached hydrogen (secondary N) is 1. The predicted octanol–water partition coefficient (Wildman–Crippen LogP) is 6.77. The van der Waals surface area contributed by atoms with E-state index in [1.807, 2.05) is 115 Å². The number of hydrogen-bond acceptors (Lipinski definition) is 4. The van der Waals surface area contributed by atoms with Gasteiger partial charge in [0.1, 0.15) is 19.3 Å². The summed E-state index contributed by atoms with van der Waals surface area (Å²) in [5, 5.41) is 12.9. The molecule has 1 atom stereocenters. The summed E-state index contributed by atoms with van der Waals surface area (Å²) >= 11 is 0. The minimum Gasteiger partial charge on any atom is -0.485 e. The van der Waals surface area contributed by atoms with Crippen LogP contribution in [0.3, 0.4) is 0 Å². The molecule has 0 saturated carbocycles. The van der Waals surface area contributed by atoms with Gasteiger partial charge in [-0.2, -0.15) is 0 Å². The van der Waals surface area contributed by atoms with Gasteiger partial charge in [0.15, 0.2) is 11.5 Å². The van der Waals surface area contributed by atoms with Gasteiger partial charge in [-0.25, -0.2) is 4.79 Å². The van der Waals surface area contributed by atoms with Gasteiger partial charge < -0.3 is 19.9 Å². The highest BCUT2D eigenvalue weighted by molar-refractivity contribution is 5.97. The van der Waals surface area contributed by atoms with E-state index >= 15 is 0 Å². The molecule has 5 aromatic rings. The van der Waals surface area contributed by atoms with Crippen LogP contribution in [0.15, 0.2) is 127 Å². The maximum Gasteiger partial charge on any atom is 0.326 e. The van der Waals surface area contributed by atoms with Crippen molar-refractivity contribution in [1.82, 2.24) is 5.32 Å².